The fraction of sp³-hybridized carbons (Fsp3) is 0.471. The minimum atomic E-state index is -0.209. The number of nitrogens with one attached hydrogen (secondary N) is 1. The Labute approximate surface area is 133 Å². The molecule has 2 aliphatic carbocycles. The van der Waals surface area contributed by atoms with Crippen LogP contribution in [0.15, 0.2) is 35.8 Å². The number of thiophene rings is 1. The van der Waals surface area contributed by atoms with Gasteiger partial charge >= 0.3 is 0 Å². The number of amides is 1. The standard InChI is InChI=1S/C17H20N2O2S/c20-13-9-11(10-13)16(15-4-2-8-22-15)18-17(21)14-3-1-7-19(14)12-5-6-12/h1-4,7-8,11-13,16,20H,5-6,9-10H2,(H,18,21)/t11?,13?,16-/m1/s1. The number of hydrogen-bond acceptors (Lipinski definition) is 3. The first-order valence-electron chi connectivity index (χ1n) is 7.91. The largest absolute Gasteiger partial charge is 0.393 e. The Morgan fingerprint density at radius 2 is 2.14 bits per heavy atom. The third kappa shape index (κ3) is 2.59. The van der Waals surface area contributed by atoms with Gasteiger partial charge in [-0.3, -0.25) is 4.79 Å². The van der Waals surface area contributed by atoms with Crippen LogP contribution in [0.1, 0.15) is 53.1 Å². The zero-order valence-electron chi connectivity index (χ0n) is 12.3. The quantitative estimate of drug-likeness (QED) is 0.890. The molecule has 1 amide bonds. The third-order valence-electron chi connectivity index (χ3n) is 4.71. The van der Waals surface area contributed by atoms with Gasteiger partial charge in [-0.2, -0.15) is 0 Å². The summed E-state index contributed by atoms with van der Waals surface area (Å²) in [7, 11) is 0. The molecule has 2 heterocycles. The molecule has 0 unspecified atom stereocenters. The topological polar surface area (TPSA) is 54.3 Å². The van der Waals surface area contributed by atoms with E-state index >= 15 is 0 Å². The molecule has 116 valence electrons. The van der Waals surface area contributed by atoms with Crippen LogP contribution in [-0.2, 0) is 0 Å². The highest BCUT2D eigenvalue weighted by atomic mass is 32.1. The number of hydrogen-bond donors (Lipinski definition) is 2. The zero-order chi connectivity index (χ0) is 15.1. The molecule has 2 aromatic heterocycles. The summed E-state index contributed by atoms with van der Waals surface area (Å²) < 4.78 is 2.09. The van der Waals surface area contributed by atoms with Crippen molar-refractivity contribution < 1.29 is 9.90 Å². The van der Waals surface area contributed by atoms with Crippen LogP contribution in [-0.4, -0.2) is 21.7 Å². The SMILES string of the molecule is O=C(N[C@@H](c1cccs1)C1CC(O)C1)c1cccn1C1CC1. The predicted octanol–water partition coefficient (Wildman–Crippen LogP) is 3.13. The van der Waals surface area contributed by atoms with Crippen molar-refractivity contribution in [3.63, 3.8) is 0 Å². The minimum absolute atomic E-state index is 0.00307. The summed E-state index contributed by atoms with van der Waals surface area (Å²) in [5, 5.41) is 14.8. The molecule has 22 heavy (non-hydrogen) atoms. The molecule has 2 fully saturated rings. The maximum Gasteiger partial charge on any atom is 0.268 e. The molecular weight excluding hydrogens is 296 g/mol. The van der Waals surface area contributed by atoms with E-state index in [1.165, 1.54) is 4.88 Å². The van der Waals surface area contributed by atoms with E-state index in [1.54, 1.807) is 11.3 Å². The van der Waals surface area contributed by atoms with E-state index in [9.17, 15) is 9.90 Å². The summed E-state index contributed by atoms with van der Waals surface area (Å²) in [6.07, 6.45) is 5.66. The van der Waals surface area contributed by atoms with E-state index < -0.39 is 0 Å². The lowest BCUT2D eigenvalue weighted by Gasteiger charge is -2.37. The molecule has 0 saturated heterocycles. The van der Waals surface area contributed by atoms with Crippen molar-refractivity contribution in [2.24, 2.45) is 5.92 Å². The molecule has 2 saturated carbocycles. The van der Waals surface area contributed by atoms with Gasteiger partial charge in [-0.05, 0) is 55.2 Å². The number of nitrogens with zero attached hydrogens (tertiary/aromatic N) is 1. The number of aliphatic hydroxyl groups excluding tert-OH is 1. The van der Waals surface area contributed by atoms with Crippen LogP contribution < -0.4 is 5.32 Å². The van der Waals surface area contributed by atoms with Crippen LogP contribution in [0, 0.1) is 5.92 Å². The van der Waals surface area contributed by atoms with Crippen molar-refractivity contribution in [3.05, 3.63) is 46.4 Å². The average Bonchev–Trinajstić information content (AvgIpc) is 3.01. The molecule has 0 aliphatic heterocycles. The Balaban J connectivity index is 1.53. The monoisotopic (exact) mass is 316 g/mol. The van der Waals surface area contributed by atoms with Crippen molar-refractivity contribution >= 4 is 17.2 Å². The van der Waals surface area contributed by atoms with Crippen LogP contribution in [0.2, 0.25) is 0 Å². The summed E-state index contributed by atoms with van der Waals surface area (Å²) in [6, 6.07) is 8.44. The number of rotatable bonds is 5. The zero-order valence-corrected chi connectivity index (χ0v) is 13.1. The molecule has 2 aliphatic rings. The van der Waals surface area contributed by atoms with Gasteiger partial charge in [-0.25, -0.2) is 0 Å². The van der Waals surface area contributed by atoms with Gasteiger partial charge in [0.05, 0.1) is 12.1 Å². The van der Waals surface area contributed by atoms with Gasteiger partial charge in [-0.15, -0.1) is 11.3 Å². The highest BCUT2D eigenvalue weighted by Crippen LogP contribution is 2.40. The Morgan fingerprint density at radius 1 is 1.32 bits per heavy atom. The fourth-order valence-corrected chi connectivity index (χ4v) is 4.13. The van der Waals surface area contributed by atoms with Crippen LogP contribution in [0.4, 0.5) is 0 Å². The highest BCUT2D eigenvalue weighted by molar-refractivity contribution is 7.10. The Bertz CT molecular complexity index is 654. The van der Waals surface area contributed by atoms with Gasteiger partial charge in [0.15, 0.2) is 0 Å². The molecular formula is C17H20N2O2S. The number of carbonyl (C=O) groups is 1. The maximum atomic E-state index is 12.7. The smallest absolute Gasteiger partial charge is 0.268 e. The summed E-state index contributed by atoms with van der Waals surface area (Å²) in [6.45, 7) is 0. The van der Waals surface area contributed by atoms with Crippen LogP contribution >= 0.6 is 11.3 Å². The first-order chi connectivity index (χ1) is 10.7. The first-order valence-corrected chi connectivity index (χ1v) is 8.79. The average molecular weight is 316 g/mol. The summed E-state index contributed by atoms with van der Waals surface area (Å²) in [5.74, 6) is 0.332. The summed E-state index contributed by atoms with van der Waals surface area (Å²) >= 11 is 1.67. The molecule has 0 spiro atoms. The van der Waals surface area contributed by atoms with Crippen molar-refractivity contribution in [2.45, 2.75) is 43.9 Å². The molecule has 5 heteroatoms. The minimum Gasteiger partial charge on any atom is -0.393 e. The van der Waals surface area contributed by atoms with Crippen LogP contribution in [0.3, 0.4) is 0 Å². The lowest BCUT2D eigenvalue weighted by molar-refractivity contribution is 0.0240. The lowest BCUT2D eigenvalue weighted by Crippen LogP contribution is -2.41. The maximum absolute atomic E-state index is 12.7. The van der Waals surface area contributed by atoms with E-state index in [1.807, 2.05) is 29.8 Å². The Morgan fingerprint density at radius 3 is 2.77 bits per heavy atom. The van der Waals surface area contributed by atoms with Crippen molar-refractivity contribution in [3.8, 4) is 0 Å². The normalized spacial score (nSPS) is 25.5. The van der Waals surface area contributed by atoms with Crippen molar-refractivity contribution in [1.29, 1.82) is 0 Å². The first kappa shape index (κ1) is 14.0. The molecule has 0 bridgehead atoms. The molecule has 0 aromatic carbocycles. The van der Waals surface area contributed by atoms with E-state index in [0.717, 1.165) is 31.4 Å². The van der Waals surface area contributed by atoms with Gasteiger partial charge in [0, 0.05) is 17.1 Å². The highest BCUT2D eigenvalue weighted by Gasteiger charge is 2.37. The van der Waals surface area contributed by atoms with Crippen molar-refractivity contribution in [1.82, 2.24) is 9.88 Å². The van der Waals surface area contributed by atoms with E-state index in [4.69, 9.17) is 0 Å². The van der Waals surface area contributed by atoms with Gasteiger partial charge < -0.3 is 15.0 Å². The van der Waals surface area contributed by atoms with Crippen LogP contribution in [0.25, 0.3) is 0 Å². The number of aliphatic hydroxyl groups is 1. The molecule has 1 atom stereocenters. The Hall–Kier alpha value is -1.59. The molecule has 0 radical (unpaired) electrons. The second-order valence-corrected chi connectivity index (χ2v) is 7.36. The second-order valence-electron chi connectivity index (χ2n) is 6.38. The van der Waals surface area contributed by atoms with Gasteiger partial charge in [0.2, 0.25) is 0 Å². The summed E-state index contributed by atoms with van der Waals surface area (Å²) in [4.78, 5) is 13.9. The Kier molecular flexibility index (Phi) is 3.54. The lowest BCUT2D eigenvalue weighted by atomic mass is 9.76. The molecule has 4 rings (SSSR count). The second kappa shape index (κ2) is 5.56. The molecule has 2 N–H and O–H groups in total. The van der Waals surface area contributed by atoms with E-state index in [0.29, 0.717) is 12.0 Å². The van der Waals surface area contributed by atoms with Gasteiger partial charge in [-0.1, -0.05) is 6.07 Å². The number of aromatic nitrogens is 1. The summed E-state index contributed by atoms with van der Waals surface area (Å²) in [5.41, 5.74) is 0.754. The number of carbonyl (C=O) groups excluding carboxylic acids is 1. The van der Waals surface area contributed by atoms with Gasteiger partial charge in [0.25, 0.3) is 5.91 Å². The van der Waals surface area contributed by atoms with Gasteiger partial charge in [0.1, 0.15) is 5.69 Å². The van der Waals surface area contributed by atoms with E-state index in [-0.39, 0.29) is 18.1 Å². The van der Waals surface area contributed by atoms with Crippen molar-refractivity contribution in [2.75, 3.05) is 0 Å². The third-order valence-corrected chi connectivity index (χ3v) is 5.66. The molecule has 2 aromatic rings. The fourth-order valence-electron chi connectivity index (χ4n) is 3.26. The molecule has 4 nitrogen and oxygen atoms in total. The van der Waals surface area contributed by atoms with Crippen LogP contribution in [0.5, 0.6) is 0 Å². The van der Waals surface area contributed by atoms with E-state index in [2.05, 4.69) is 16.0 Å². The predicted molar refractivity (Wildman–Crippen MR) is 86.0 cm³/mol.